The average Bonchev–Trinajstić information content (AvgIpc) is 2.89. The molecule has 2 atom stereocenters. The van der Waals surface area contributed by atoms with Gasteiger partial charge in [-0.2, -0.15) is 0 Å². The zero-order valence-electron chi connectivity index (χ0n) is 23.7. The van der Waals surface area contributed by atoms with E-state index in [0.717, 1.165) is 5.56 Å². The van der Waals surface area contributed by atoms with Crippen LogP contribution in [0, 0.1) is 5.92 Å². The van der Waals surface area contributed by atoms with Crippen LogP contribution < -0.4 is 0 Å². The van der Waals surface area contributed by atoms with Crippen molar-refractivity contribution in [1.82, 2.24) is 0 Å². The van der Waals surface area contributed by atoms with Gasteiger partial charge in [0.15, 0.2) is 0 Å². The normalized spacial score (nSPS) is 13.0. The van der Waals surface area contributed by atoms with Crippen molar-refractivity contribution in [2.45, 2.75) is 155 Å². The van der Waals surface area contributed by atoms with E-state index in [1.165, 1.54) is 128 Å². The van der Waals surface area contributed by atoms with Crippen molar-refractivity contribution in [3.8, 4) is 0 Å². The molecule has 0 N–H and O–H groups in total. The zero-order chi connectivity index (χ0) is 25.4. The molecule has 2 heteroatoms. The Kier molecular flexibility index (Phi) is 20.9. The van der Waals surface area contributed by atoms with Crippen LogP contribution in [0.2, 0.25) is 0 Å². The van der Waals surface area contributed by atoms with E-state index in [4.69, 9.17) is 4.74 Å². The molecule has 0 aliphatic heterocycles. The Labute approximate surface area is 219 Å². The van der Waals surface area contributed by atoms with Crippen molar-refractivity contribution < 1.29 is 9.53 Å². The fourth-order valence-corrected chi connectivity index (χ4v) is 5.00. The molecule has 1 rings (SSSR count). The number of carbonyl (C=O) groups excluding carboxylic acids is 1. The lowest BCUT2D eigenvalue weighted by molar-refractivity contribution is -0.146. The van der Waals surface area contributed by atoms with Gasteiger partial charge in [-0.05, 0) is 31.2 Å². The molecule has 0 heterocycles. The molecule has 0 saturated heterocycles. The summed E-state index contributed by atoms with van der Waals surface area (Å²) >= 11 is 0. The second-order valence-corrected chi connectivity index (χ2v) is 10.9. The number of unbranched alkanes of at least 4 members (excludes halogenated alkanes) is 16. The van der Waals surface area contributed by atoms with Crippen LogP contribution in [0.3, 0.4) is 0 Å². The molecule has 2 nitrogen and oxygen atoms in total. The first-order chi connectivity index (χ1) is 17.2. The van der Waals surface area contributed by atoms with Gasteiger partial charge in [-0.3, -0.25) is 4.79 Å². The molecule has 1 aromatic rings. The molecular formula is C33H58O2. The van der Waals surface area contributed by atoms with Crippen LogP contribution in [0.5, 0.6) is 0 Å². The van der Waals surface area contributed by atoms with E-state index in [1.807, 2.05) is 37.3 Å². The molecule has 0 aliphatic carbocycles. The minimum Gasteiger partial charge on any atom is -0.465 e. The van der Waals surface area contributed by atoms with E-state index >= 15 is 0 Å². The van der Waals surface area contributed by atoms with E-state index < -0.39 is 0 Å². The smallest absolute Gasteiger partial charge is 0.313 e. The third kappa shape index (κ3) is 17.7. The first-order valence-corrected chi connectivity index (χ1v) is 15.4. The number of hydrogen-bond donors (Lipinski definition) is 0. The van der Waals surface area contributed by atoms with Crippen molar-refractivity contribution in [2.24, 2.45) is 5.92 Å². The SMILES string of the molecule is CCCCCCCCCCCCC(CCCCCCCCCC)COC(=O)C(C)c1ccccc1. The van der Waals surface area contributed by atoms with Crippen LogP contribution in [-0.2, 0) is 9.53 Å². The van der Waals surface area contributed by atoms with E-state index in [2.05, 4.69) is 13.8 Å². The monoisotopic (exact) mass is 486 g/mol. The fraction of sp³-hybridized carbons (Fsp3) is 0.788. The number of rotatable bonds is 24. The Morgan fingerprint density at radius 3 is 1.46 bits per heavy atom. The van der Waals surface area contributed by atoms with Crippen LogP contribution in [0.1, 0.15) is 161 Å². The molecule has 35 heavy (non-hydrogen) atoms. The standard InChI is InChI=1S/C33H58O2/c1-4-6-8-10-12-14-15-17-19-22-26-31(25-21-18-16-13-11-9-7-5-2)29-35-33(34)30(3)32-27-23-20-24-28-32/h20,23-24,27-28,30-31H,4-19,21-22,25-26,29H2,1-3H3. The van der Waals surface area contributed by atoms with Gasteiger partial charge in [0.05, 0.1) is 12.5 Å². The van der Waals surface area contributed by atoms with E-state index in [9.17, 15) is 4.79 Å². The molecule has 1 aromatic carbocycles. The highest BCUT2D eigenvalue weighted by molar-refractivity contribution is 5.77. The van der Waals surface area contributed by atoms with Crippen molar-refractivity contribution in [3.63, 3.8) is 0 Å². The van der Waals surface area contributed by atoms with Crippen LogP contribution >= 0.6 is 0 Å². The quantitative estimate of drug-likeness (QED) is 0.107. The second-order valence-electron chi connectivity index (χ2n) is 10.9. The first kappa shape index (κ1) is 31.7. The molecule has 0 amide bonds. The third-order valence-corrected chi connectivity index (χ3v) is 7.55. The van der Waals surface area contributed by atoms with E-state index in [-0.39, 0.29) is 11.9 Å². The molecule has 202 valence electrons. The maximum atomic E-state index is 12.7. The van der Waals surface area contributed by atoms with Gasteiger partial charge in [0, 0.05) is 0 Å². The Balaban J connectivity index is 2.29. The summed E-state index contributed by atoms with van der Waals surface area (Å²) in [6.07, 6.45) is 27.0. The summed E-state index contributed by atoms with van der Waals surface area (Å²) in [5, 5.41) is 0. The summed E-state index contributed by atoms with van der Waals surface area (Å²) in [5.41, 5.74) is 1.05. The number of benzene rings is 1. The lowest BCUT2D eigenvalue weighted by Gasteiger charge is -2.19. The Bertz CT molecular complexity index is 582. The highest BCUT2D eigenvalue weighted by Crippen LogP contribution is 2.22. The van der Waals surface area contributed by atoms with Crippen molar-refractivity contribution >= 4 is 5.97 Å². The van der Waals surface area contributed by atoms with Gasteiger partial charge in [-0.1, -0.05) is 160 Å². The Hall–Kier alpha value is -1.31. The van der Waals surface area contributed by atoms with Crippen LogP contribution in [0.15, 0.2) is 30.3 Å². The maximum absolute atomic E-state index is 12.7. The maximum Gasteiger partial charge on any atom is 0.313 e. The van der Waals surface area contributed by atoms with Gasteiger partial charge in [-0.15, -0.1) is 0 Å². The topological polar surface area (TPSA) is 26.3 Å². The van der Waals surface area contributed by atoms with Gasteiger partial charge in [-0.25, -0.2) is 0 Å². The summed E-state index contributed by atoms with van der Waals surface area (Å²) in [6.45, 7) is 7.13. The summed E-state index contributed by atoms with van der Waals surface area (Å²) in [7, 11) is 0. The summed E-state index contributed by atoms with van der Waals surface area (Å²) in [5.74, 6) is 0.272. The highest BCUT2D eigenvalue weighted by Gasteiger charge is 2.18. The van der Waals surface area contributed by atoms with Crippen LogP contribution in [-0.4, -0.2) is 12.6 Å². The number of esters is 1. The molecule has 0 aliphatic rings. The highest BCUT2D eigenvalue weighted by atomic mass is 16.5. The van der Waals surface area contributed by atoms with Gasteiger partial charge >= 0.3 is 5.97 Å². The van der Waals surface area contributed by atoms with Gasteiger partial charge in [0.1, 0.15) is 0 Å². The van der Waals surface area contributed by atoms with E-state index in [0.29, 0.717) is 12.5 Å². The van der Waals surface area contributed by atoms with Crippen LogP contribution in [0.25, 0.3) is 0 Å². The Morgan fingerprint density at radius 2 is 1.03 bits per heavy atom. The lowest BCUT2D eigenvalue weighted by atomic mass is 9.94. The predicted molar refractivity (Wildman–Crippen MR) is 153 cm³/mol. The molecule has 0 saturated carbocycles. The van der Waals surface area contributed by atoms with Gasteiger partial charge in [0.2, 0.25) is 0 Å². The largest absolute Gasteiger partial charge is 0.465 e. The second kappa shape index (κ2) is 23.1. The van der Waals surface area contributed by atoms with Gasteiger partial charge < -0.3 is 4.74 Å². The molecule has 0 spiro atoms. The first-order valence-electron chi connectivity index (χ1n) is 15.4. The van der Waals surface area contributed by atoms with Gasteiger partial charge in [0.25, 0.3) is 0 Å². The number of hydrogen-bond acceptors (Lipinski definition) is 2. The lowest BCUT2D eigenvalue weighted by Crippen LogP contribution is -2.18. The molecule has 0 radical (unpaired) electrons. The van der Waals surface area contributed by atoms with Crippen LogP contribution in [0.4, 0.5) is 0 Å². The average molecular weight is 487 g/mol. The molecule has 2 unspecified atom stereocenters. The molecule has 0 aromatic heterocycles. The number of carbonyl (C=O) groups is 1. The number of ether oxygens (including phenoxy) is 1. The Morgan fingerprint density at radius 1 is 0.629 bits per heavy atom. The summed E-state index contributed by atoms with van der Waals surface area (Å²) in [4.78, 5) is 12.7. The predicted octanol–water partition coefficient (Wildman–Crippen LogP) is 10.8. The minimum atomic E-state index is -0.183. The van der Waals surface area contributed by atoms with Crippen molar-refractivity contribution in [2.75, 3.05) is 6.61 Å². The molecular weight excluding hydrogens is 428 g/mol. The molecule has 0 bridgehead atoms. The third-order valence-electron chi connectivity index (χ3n) is 7.55. The zero-order valence-corrected chi connectivity index (χ0v) is 23.7. The van der Waals surface area contributed by atoms with Crippen molar-refractivity contribution in [3.05, 3.63) is 35.9 Å². The minimum absolute atomic E-state index is 0.0693. The fourth-order valence-electron chi connectivity index (χ4n) is 5.00. The van der Waals surface area contributed by atoms with E-state index in [1.54, 1.807) is 0 Å². The van der Waals surface area contributed by atoms with Crippen molar-refractivity contribution in [1.29, 1.82) is 0 Å². The molecule has 0 fully saturated rings. The summed E-state index contributed by atoms with van der Waals surface area (Å²) in [6, 6.07) is 10.0. The summed E-state index contributed by atoms with van der Waals surface area (Å²) < 4.78 is 5.85.